The molecule has 1 aromatic rings. The number of urea groups is 1. The maximum absolute atomic E-state index is 13.3. The Hall–Kier alpha value is -2.41. The molecule has 4 aliphatic rings. The van der Waals surface area contributed by atoms with Crippen molar-refractivity contribution in [2.75, 3.05) is 32.8 Å². The number of likely N-dealkylation sites (tertiary alicyclic amines) is 2. The van der Waals surface area contributed by atoms with Gasteiger partial charge in [0.15, 0.2) is 0 Å². The third-order valence-electron chi connectivity index (χ3n) is 7.92. The van der Waals surface area contributed by atoms with E-state index in [2.05, 4.69) is 34.2 Å². The molecule has 32 heavy (non-hydrogen) atoms. The molecule has 2 atom stereocenters. The van der Waals surface area contributed by atoms with Gasteiger partial charge in [0.1, 0.15) is 5.54 Å². The molecule has 0 bridgehead atoms. The Balaban J connectivity index is 1.17. The number of hydrogen-bond donors (Lipinski definition) is 1. The number of benzene rings is 1. The van der Waals surface area contributed by atoms with Gasteiger partial charge in [0.2, 0.25) is 5.91 Å². The van der Waals surface area contributed by atoms with Gasteiger partial charge in [-0.2, -0.15) is 0 Å². The Morgan fingerprint density at radius 3 is 2.59 bits per heavy atom. The highest BCUT2D eigenvalue weighted by molar-refractivity contribution is 6.07. The van der Waals surface area contributed by atoms with Crippen molar-refractivity contribution in [1.82, 2.24) is 20.0 Å². The first kappa shape index (κ1) is 21.4. The van der Waals surface area contributed by atoms with E-state index in [9.17, 15) is 14.4 Å². The highest BCUT2D eigenvalue weighted by atomic mass is 16.2. The van der Waals surface area contributed by atoms with Crippen LogP contribution in [0.3, 0.4) is 0 Å². The number of amides is 4. The highest BCUT2D eigenvalue weighted by Crippen LogP contribution is 2.34. The van der Waals surface area contributed by atoms with Crippen LogP contribution in [0.4, 0.5) is 4.79 Å². The molecule has 0 radical (unpaired) electrons. The van der Waals surface area contributed by atoms with Gasteiger partial charge in [-0.05, 0) is 55.6 Å². The summed E-state index contributed by atoms with van der Waals surface area (Å²) in [5.41, 5.74) is 1.62. The summed E-state index contributed by atoms with van der Waals surface area (Å²) in [5.74, 6) is 0.857. The van der Waals surface area contributed by atoms with Gasteiger partial charge < -0.3 is 10.2 Å². The van der Waals surface area contributed by atoms with Gasteiger partial charge in [-0.25, -0.2) is 9.69 Å². The lowest BCUT2D eigenvalue weighted by atomic mass is 9.78. The molecule has 7 heteroatoms. The number of nitrogens with one attached hydrogen (secondary N) is 1. The molecule has 3 fully saturated rings. The molecule has 4 amide bonds. The molecular formula is C25H34N4O3. The normalized spacial score (nSPS) is 29.3. The lowest BCUT2D eigenvalue weighted by Gasteiger charge is -2.38. The van der Waals surface area contributed by atoms with Crippen molar-refractivity contribution in [3.63, 3.8) is 0 Å². The Labute approximate surface area is 190 Å². The molecule has 1 aromatic carbocycles. The molecule has 3 aliphatic heterocycles. The van der Waals surface area contributed by atoms with Gasteiger partial charge in [-0.1, -0.05) is 31.2 Å². The average molecular weight is 439 g/mol. The number of rotatable bonds is 3. The molecule has 7 nitrogen and oxygen atoms in total. The van der Waals surface area contributed by atoms with Crippen LogP contribution in [0.25, 0.3) is 0 Å². The smallest absolute Gasteiger partial charge is 0.326 e. The van der Waals surface area contributed by atoms with Crippen molar-refractivity contribution in [2.24, 2.45) is 11.8 Å². The first-order valence-electron chi connectivity index (χ1n) is 12.2. The second kappa shape index (κ2) is 8.50. The van der Waals surface area contributed by atoms with Crippen LogP contribution in [0, 0.1) is 11.8 Å². The van der Waals surface area contributed by atoms with Gasteiger partial charge >= 0.3 is 6.03 Å². The number of aryl methyl sites for hydroxylation is 1. The number of piperidine rings is 2. The largest absolute Gasteiger partial charge is 0.342 e. The topological polar surface area (TPSA) is 73.0 Å². The third kappa shape index (κ3) is 3.91. The van der Waals surface area contributed by atoms with E-state index in [-0.39, 0.29) is 17.9 Å². The lowest BCUT2D eigenvalue weighted by molar-refractivity contribution is -0.140. The molecule has 0 saturated carbocycles. The molecule has 1 aliphatic carbocycles. The van der Waals surface area contributed by atoms with Crippen molar-refractivity contribution in [1.29, 1.82) is 0 Å². The van der Waals surface area contributed by atoms with Crippen molar-refractivity contribution in [3.05, 3.63) is 35.4 Å². The average Bonchev–Trinajstić information content (AvgIpc) is 3.03. The fourth-order valence-corrected chi connectivity index (χ4v) is 6.00. The fourth-order valence-electron chi connectivity index (χ4n) is 6.00. The fraction of sp³-hybridized carbons (Fsp3) is 0.640. The number of imide groups is 1. The van der Waals surface area contributed by atoms with Crippen LogP contribution in [0.1, 0.15) is 50.2 Å². The minimum absolute atomic E-state index is 0.0702. The Morgan fingerprint density at radius 1 is 1.09 bits per heavy atom. The molecule has 5 rings (SSSR count). The minimum atomic E-state index is -0.801. The van der Waals surface area contributed by atoms with Gasteiger partial charge in [0.25, 0.3) is 5.91 Å². The van der Waals surface area contributed by atoms with Crippen molar-refractivity contribution in [2.45, 2.75) is 57.4 Å². The van der Waals surface area contributed by atoms with Crippen LogP contribution in [-0.4, -0.2) is 70.9 Å². The predicted molar refractivity (Wildman–Crippen MR) is 121 cm³/mol. The summed E-state index contributed by atoms with van der Waals surface area (Å²) < 4.78 is 0. The summed E-state index contributed by atoms with van der Waals surface area (Å²) in [6, 6.07) is 7.90. The summed E-state index contributed by atoms with van der Waals surface area (Å²) >= 11 is 0. The van der Waals surface area contributed by atoms with Crippen LogP contribution in [0.15, 0.2) is 24.3 Å². The van der Waals surface area contributed by atoms with E-state index in [1.165, 1.54) is 16.9 Å². The number of carbonyl (C=O) groups excluding carboxylic acids is 3. The van der Waals surface area contributed by atoms with E-state index in [0.717, 1.165) is 57.4 Å². The van der Waals surface area contributed by atoms with Crippen LogP contribution >= 0.6 is 0 Å². The molecule has 3 saturated heterocycles. The molecule has 3 heterocycles. The van der Waals surface area contributed by atoms with E-state index in [1.54, 1.807) is 0 Å². The number of fused-ring (bicyclic) bond motifs is 1. The Bertz CT molecular complexity index is 910. The number of carbonyl (C=O) groups is 3. The minimum Gasteiger partial charge on any atom is -0.342 e. The van der Waals surface area contributed by atoms with Crippen LogP contribution in [0.5, 0.6) is 0 Å². The second-order valence-electron chi connectivity index (χ2n) is 10.3. The van der Waals surface area contributed by atoms with Gasteiger partial charge in [0, 0.05) is 38.5 Å². The molecular weight excluding hydrogens is 404 g/mol. The standard InChI is InChI=1S/C25H34N4O3/c1-18-5-4-12-28(16-18)22(30)20-9-13-27(14-10-20)17-29-23(31)25(26-24(29)32)11-8-19-6-2-3-7-21(19)15-25/h2-3,6-7,18,20H,4-5,8-17H2,1H3,(H,26,32). The van der Waals surface area contributed by atoms with Gasteiger partial charge in [-0.3, -0.25) is 14.5 Å². The Morgan fingerprint density at radius 2 is 1.84 bits per heavy atom. The summed E-state index contributed by atoms with van der Waals surface area (Å²) in [4.78, 5) is 44.6. The van der Waals surface area contributed by atoms with E-state index >= 15 is 0 Å². The lowest BCUT2D eigenvalue weighted by Crippen LogP contribution is -2.52. The van der Waals surface area contributed by atoms with Crippen LogP contribution in [-0.2, 0) is 22.4 Å². The van der Waals surface area contributed by atoms with Crippen molar-refractivity contribution < 1.29 is 14.4 Å². The number of nitrogens with zero attached hydrogens (tertiary/aromatic N) is 3. The highest BCUT2D eigenvalue weighted by Gasteiger charge is 2.52. The maximum atomic E-state index is 13.3. The summed E-state index contributed by atoms with van der Waals surface area (Å²) in [5, 5.41) is 3.02. The summed E-state index contributed by atoms with van der Waals surface area (Å²) in [6.07, 6.45) is 5.92. The third-order valence-corrected chi connectivity index (χ3v) is 7.92. The van der Waals surface area contributed by atoms with E-state index < -0.39 is 5.54 Å². The number of hydrogen-bond acceptors (Lipinski definition) is 4. The first-order chi connectivity index (χ1) is 15.4. The predicted octanol–water partition coefficient (Wildman–Crippen LogP) is 2.39. The quantitative estimate of drug-likeness (QED) is 0.736. The maximum Gasteiger partial charge on any atom is 0.326 e. The van der Waals surface area contributed by atoms with Gasteiger partial charge in [-0.15, -0.1) is 0 Å². The first-order valence-corrected chi connectivity index (χ1v) is 12.2. The summed E-state index contributed by atoms with van der Waals surface area (Å²) in [6.45, 7) is 5.79. The van der Waals surface area contributed by atoms with Crippen LogP contribution in [0.2, 0.25) is 0 Å². The van der Waals surface area contributed by atoms with E-state index in [4.69, 9.17) is 0 Å². The molecule has 172 valence electrons. The molecule has 2 unspecified atom stereocenters. The second-order valence-corrected chi connectivity index (χ2v) is 10.3. The van der Waals surface area contributed by atoms with Crippen LogP contribution < -0.4 is 5.32 Å². The zero-order chi connectivity index (χ0) is 22.3. The monoisotopic (exact) mass is 438 g/mol. The van der Waals surface area contributed by atoms with Crippen molar-refractivity contribution in [3.8, 4) is 0 Å². The zero-order valence-corrected chi connectivity index (χ0v) is 19.0. The summed E-state index contributed by atoms with van der Waals surface area (Å²) in [7, 11) is 0. The molecule has 1 N–H and O–H groups in total. The van der Waals surface area contributed by atoms with Gasteiger partial charge in [0.05, 0.1) is 6.67 Å². The van der Waals surface area contributed by atoms with Crippen molar-refractivity contribution >= 4 is 17.8 Å². The Kier molecular flexibility index (Phi) is 5.70. The molecule has 1 spiro atoms. The van der Waals surface area contributed by atoms with E-state index in [1.807, 2.05) is 12.1 Å². The zero-order valence-electron chi connectivity index (χ0n) is 19.0. The molecule has 0 aromatic heterocycles. The van der Waals surface area contributed by atoms with E-state index in [0.29, 0.717) is 31.3 Å². The SMILES string of the molecule is CC1CCCN(C(=O)C2CCN(CN3C(=O)NC4(CCc5ccccc5C4)C3=O)CC2)C1.